The summed E-state index contributed by atoms with van der Waals surface area (Å²) in [4.78, 5) is 10.5. The molecule has 144 valence electrons. The third kappa shape index (κ3) is 3.72. The second-order valence-corrected chi connectivity index (χ2v) is 6.74. The van der Waals surface area contributed by atoms with Crippen molar-refractivity contribution < 1.29 is 23.6 Å². The first kappa shape index (κ1) is 18.1. The molecular weight excluding hydrogens is 386 g/mol. The summed E-state index contributed by atoms with van der Waals surface area (Å²) in [6, 6.07) is 11.8. The number of hydrogen-bond acceptors (Lipinski definition) is 9. The topological polar surface area (TPSA) is 110 Å². The van der Waals surface area contributed by atoms with E-state index in [9.17, 15) is 10.1 Å². The molecule has 0 N–H and O–H groups in total. The molecule has 1 atom stereocenters. The van der Waals surface area contributed by atoms with Crippen molar-refractivity contribution in [3.8, 4) is 17.2 Å². The summed E-state index contributed by atoms with van der Waals surface area (Å²) >= 11 is 1.25. The summed E-state index contributed by atoms with van der Waals surface area (Å²) < 4.78 is 22.4. The number of nitro benzene ring substituents is 1. The Morgan fingerprint density at radius 2 is 2.07 bits per heavy atom. The molecule has 10 heteroatoms. The normalized spacial score (nSPS) is 15.2. The molecule has 2 aromatic carbocycles. The molecule has 1 aromatic heterocycles. The summed E-state index contributed by atoms with van der Waals surface area (Å²) in [5, 5.41) is 19.4. The van der Waals surface area contributed by atoms with Gasteiger partial charge in [-0.05, 0) is 18.2 Å². The second kappa shape index (κ2) is 7.77. The van der Waals surface area contributed by atoms with Gasteiger partial charge in [-0.15, -0.1) is 10.2 Å². The van der Waals surface area contributed by atoms with Gasteiger partial charge in [0, 0.05) is 23.4 Å². The van der Waals surface area contributed by atoms with Gasteiger partial charge in [-0.1, -0.05) is 23.9 Å². The summed E-state index contributed by atoms with van der Waals surface area (Å²) in [5.41, 5.74) is 0.654. The van der Waals surface area contributed by atoms with Crippen LogP contribution in [0.3, 0.4) is 0 Å². The molecule has 0 fully saturated rings. The Labute approximate surface area is 163 Å². The molecular formula is C18H15N3O6S. The number of hydrogen-bond donors (Lipinski definition) is 0. The lowest BCUT2D eigenvalue weighted by Crippen LogP contribution is -2.21. The summed E-state index contributed by atoms with van der Waals surface area (Å²) in [6.45, 7) is 0.266. The molecule has 3 aromatic rings. The minimum atomic E-state index is -0.496. The maximum atomic E-state index is 11.0. The molecule has 9 nitrogen and oxygen atoms in total. The molecule has 4 rings (SSSR count). The van der Waals surface area contributed by atoms with Crippen molar-refractivity contribution >= 4 is 17.4 Å². The number of methoxy groups -OCH3 is 1. The number of para-hydroxylation sites is 2. The summed E-state index contributed by atoms with van der Waals surface area (Å²) in [7, 11) is 1.51. The summed E-state index contributed by atoms with van der Waals surface area (Å²) in [6.07, 6.45) is -0.496. The van der Waals surface area contributed by atoms with Crippen LogP contribution >= 0.6 is 11.8 Å². The second-order valence-electron chi connectivity index (χ2n) is 5.81. The Hall–Kier alpha value is -3.27. The molecule has 2 heterocycles. The Kier molecular flexibility index (Phi) is 5.02. The molecule has 1 aliphatic heterocycles. The van der Waals surface area contributed by atoms with Crippen LogP contribution in [0.2, 0.25) is 0 Å². The van der Waals surface area contributed by atoms with Crippen molar-refractivity contribution in [1.82, 2.24) is 10.2 Å². The zero-order chi connectivity index (χ0) is 19.5. The number of nitro groups is 1. The standard InChI is InChI=1S/C18H15N3O6S/c1-24-13-7-6-12(21(22)23)8-11(13)10-28-18-20-19-17(27-18)16-9-25-14-4-2-3-5-15(14)26-16/h2-8,16H,9-10H2,1H3. The van der Waals surface area contributed by atoms with Crippen molar-refractivity contribution in [2.75, 3.05) is 13.7 Å². The van der Waals surface area contributed by atoms with Crippen LogP contribution in [0.25, 0.3) is 0 Å². The van der Waals surface area contributed by atoms with Gasteiger partial charge in [0.05, 0.1) is 12.0 Å². The Balaban J connectivity index is 1.45. The number of benzene rings is 2. The number of rotatable bonds is 6. The van der Waals surface area contributed by atoms with E-state index in [-0.39, 0.29) is 12.3 Å². The number of fused-ring (bicyclic) bond motifs is 1. The first-order valence-corrected chi connectivity index (χ1v) is 9.28. The van der Waals surface area contributed by atoms with E-state index >= 15 is 0 Å². The maximum absolute atomic E-state index is 11.0. The third-order valence-electron chi connectivity index (χ3n) is 4.03. The third-order valence-corrected chi connectivity index (χ3v) is 4.90. The fourth-order valence-corrected chi connectivity index (χ4v) is 3.43. The predicted molar refractivity (Wildman–Crippen MR) is 98.8 cm³/mol. The van der Waals surface area contributed by atoms with Crippen molar-refractivity contribution in [3.05, 3.63) is 64.0 Å². The van der Waals surface area contributed by atoms with Gasteiger partial charge in [0.1, 0.15) is 12.4 Å². The maximum Gasteiger partial charge on any atom is 0.277 e. The van der Waals surface area contributed by atoms with E-state index in [0.717, 1.165) is 0 Å². The highest BCUT2D eigenvalue weighted by Gasteiger charge is 2.27. The van der Waals surface area contributed by atoms with Crippen LogP contribution in [-0.2, 0) is 5.75 Å². The average Bonchev–Trinajstić information content (AvgIpc) is 3.20. The molecule has 1 aliphatic rings. The Bertz CT molecular complexity index is 1010. The number of nitrogens with zero attached hydrogens (tertiary/aromatic N) is 3. The van der Waals surface area contributed by atoms with Crippen molar-refractivity contribution in [2.45, 2.75) is 17.1 Å². The molecule has 0 aliphatic carbocycles. The minimum Gasteiger partial charge on any atom is -0.496 e. The average molecular weight is 401 g/mol. The van der Waals surface area contributed by atoms with Gasteiger partial charge in [0.2, 0.25) is 6.10 Å². The van der Waals surface area contributed by atoms with Crippen LogP contribution in [0.15, 0.2) is 52.1 Å². The fraction of sp³-hybridized carbons (Fsp3) is 0.222. The molecule has 0 saturated carbocycles. The van der Waals surface area contributed by atoms with Gasteiger partial charge < -0.3 is 18.6 Å². The van der Waals surface area contributed by atoms with Crippen LogP contribution in [0.5, 0.6) is 17.2 Å². The lowest BCUT2D eigenvalue weighted by atomic mass is 10.2. The van der Waals surface area contributed by atoms with E-state index in [2.05, 4.69) is 10.2 Å². The van der Waals surface area contributed by atoms with Crippen LogP contribution in [0, 0.1) is 10.1 Å². The Morgan fingerprint density at radius 1 is 1.25 bits per heavy atom. The van der Waals surface area contributed by atoms with Crippen LogP contribution in [0.1, 0.15) is 17.6 Å². The lowest BCUT2D eigenvalue weighted by Gasteiger charge is -2.23. The Morgan fingerprint density at radius 3 is 2.86 bits per heavy atom. The lowest BCUT2D eigenvalue weighted by molar-refractivity contribution is -0.384. The van der Waals surface area contributed by atoms with Gasteiger partial charge in [0.15, 0.2) is 11.5 Å². The van der Waals surface area contributed by atoms with E-state index in [0.29, 0.717) is 39.7 Å². The van der Waals surface area contributed by atoms with Gasteiger partial charge in [-0.2, -0.15) is 0 Å². The number of aromatic nitrogens is 2. The highest BCUT2D eigenvalue weighted by Crippen LogP contribution is 2.36. The largest absolute Gasteiger partial charge is 0.496 e. The SMILES string of the molecule is COc1ccc([N+](=O)[O-])cc1CSc1nnc(C2COc3ccccc3O2)o1. The van der Waals surface area contributed by atoms with Gasteiger partial charge >= 0.3 is 0 Å². The number of non-ortho nitro benzene ring substituents is 1. The fourth-order valence-electron chi connectivity index (χ4n) is 2.68. The van der Waals surface area contributed by atoms with E-state index in [1.54, 1.807) is 6.07 Å². The highest BCUT2D eigenvalue weighted by molar-refractivity contribution is 7.98. The van der Waals surface area contributed by atoms with Gasteiger partial charge in [0.25, 0.3) is 16.8 Å². The molecule has 0 spiro atoms. The van der Waals surface area contributed by atoms with E-state index in [1.165, 1.54) is 31.0 Å². The van der Waals surface area contributed by atoms with Crippen molar-refractivity contribution in [2.24, 2.45) is 0 Å². The van der Waals surface area contributed by atoms with Crippen LogP contribution < -0.4 is 14.2 Å². The quantitative estimate of drug-likeness (QED) is 0.346. The monoisotopic (exact) mass is 401 g/mol. The molecule has 28 heavy (non-hydrogen) atoms. The van der Waals surface area contributed by atoms with E-state index < -0.39 is 11.0 Å². The summed E-state index contributed by atoms with van der Waals surface area (Å²) in [5.74, 6) is 2.52. The minimum absolute atomic E-state index is 0.00552. The zero-order valence-electron chi connectivity index (χ0n) is 14.7. The van der Waals surface area contributed by atoms with Gasteiger partial charge in [-0.3, -0.25) is 10.1 Å². The van der Waals surface area contributed by atoms with Crippen molar-refractivity contribution in [3.63, 3.8) is 0 Å². The van der Waals surface area contributed by atoms with Crippen molar-refractivity contribution in [1.29, 1.82) is 0 Å². The van der Waals surface area contributed by atoms with E-state index in [1.807, 2.05) is 24.3 Å². The number of ether oxygens (including phenoxy) is 3. The molecule has 0 amide bonds. The predicted octanol–water partition coefficient (Wildman–Crippen LogP) is 3.79. The molecule has 0 saturated heterocycles. The zero-order valence-corrected chi connectivity index (χ0v) is 15.5. The van der Waals surface area contributed by atoms with Crippen LogP contribution in [0.4, 0.5) is 5.69 Å². The first-order valence-electron chi connectivity index (χ1n) is 8.30. The molecule has 1 unspecified atom stereocenters. The smallest absolute Gasteiger partial charge is 0.277 e. The molecule has 0 radical (unpaired) electrons. The highest BCUT2D eigenvalue weighted by atomic mass is 32.2. The van der Waals surface area contributed by atoms with Gasteiger partial charge in [-0.25, -0.2) is 0 Å². The first-order chi connectivity index (χ1) is 13.6. The molecule has 0 bridgehead atoms. The van der Waals surface area contributed by atoms with E-state index in [4.69, 9.17) is 18.6 Å². The number of thioether (sulfide) groups is 1. The van der Waals surface area contributed by atoms with Crippen LogP contribution in [-0.4, -0.2) is 28.8 Å².